The van der Waals surface area contributed by atoms with Crippen LogP contribution in [0.4, 0.5) is 29.3 Å². The number of hydrogen-bond donors (Lipinski definition) is 1. The maximum atomic E-state index is 17.6. The molecule has 2 aliphatic heterocycles. The number of piperazine rings is 1. The van der Waals surface area contributed by atoms with Crippen LogP contribution in [0, 0.1) is 11.6 Å². The lowest BCUT2D eigenvalue weighted by Gasteiger charge is -2.36. The number of thiazole rings is 1. The van der Waals surface area contributed by atoms with Crippen LogP contribution in [-0.4, -0.2) is 101 Å². The number of carbonyl (C=O) groups is 2. The van der Waals surface area contributed by atoms with Gasteiger partial charge in [-0.2, -0.15) is 9.97 Å². The highest BCUT2D eigenvalue weighted by Crippen LogP contribution is 2.45. The normalized spacial score (nSPS) is 16.9. The van der Waals surface area contributed by atoms with Crippen molar-refractivity contribution in [1.82, 2.24) is 24.8 Å². The summed E-state index contributed by atoms with van der Waals surface area (Å²) < 4.78 is 55.8. The first kappa shape index (κ1) is 38.2. The van der Waals surface area contributed by atoms with Crippen molar-refractivity contribution in [3.8, 4) is 28.3 Å². The summed E-state index contributed by atoms with van der Waals surface area (Å²) in [6.45, 7) is 13.4. The first-order chi connectivity index (χ1) is 26.0. The zero-order chi connectivity index (χ0) is 39.2. The van der Waals surface area contributed by atoms with E-state index in [0.29, 0.717) is 55.1 Å². The molecule has 0 aliphatic carbocycles. The van der Waals surface area contributed by atoms with Gasteiger partial charge in [0.2, 0.25) is 0 Å². The Morgan fingerprint density at radius 3 is 2.35 bits per heavy atom. The lowest BCUT2D eigenvalue weighted by Crippen LogP contribution is -2.50. The first-order valence-corrected chi connectivity index (χ1v) is 19.1. The summed E-state index contributed by atoms with van der Waals surface area (Å²) in [4.78, 5) is 45.4. The van der Waals surface area contributed by atoms with E-state index in [4.69, 9.17) is 23.6 Å². The highest BCUT2D eigenvalue weighted by atomic mass is 32.1. The Morgan fingerprint density at radius 1 is 0.945 bits per heavy atom. The van der Waals surface area contributed by atoms with Gasteiger partial charge in [-0.15, -0.1) is 0 Å². The van der Waals surface area contributed by atoms with Crippen molar-refractivity contribution in [1.29, 1.82) is 0 Å². The SMILES string of the molecule is CN1CCC[C@H]1COc1nc(N2CCN(C(=O)OC(C)(C)C)CC2)c2cc(-c3ccoc3)c(-c3ccc(F)c4sc(NC(=O)OC(C)(C)C)nc34)c(F)c2n1. The smallest absolute Gasteiger partial charge is 0.413 e. The molecule has 5 heterocycles. The first-order valence-electron chi connectivity index (χ1n) is 18.3. The molecule has 2 saturated heterocycles. The molecule has 0 radical (unpaired) electrons. The minimum atomic E-state index is -0.771. The van der Waals surface area contributed by atoms with Crippen molar-refractivity contribution in [2.24, 2.45) is 0 Å². The van der Waals surface area contributed by atoms with Crippen LogP contribution < -0.4 is 15.0 Å². The molecule has 5 aromatic rings. The van der Waals surface area contributed by atoms with Gasteiger partial charge in [0.15, 0.2) is 10.9 Å². The maximum absolute atomic E-state index is 17.6. The second kappa shape index (κ2) is 14.9. The number of carbonyl (C=O) groups excluding carboxylic acids is 2. The average Bonchev–Trinajstić information content (AvgIpc) is 3.88. The highest BCUT2D eigenvalue weighted by molar-refractivity contribution is 7.22. The second-order valence-corrected chi connectivity index (χ2v) is 16.8. The monoisotopic (exact) mass is 777 g/mol. The molecular weight excluding hydrogens is 733 g/mol. The highest BCUT2D eigenvalue weighted by Gasteiger charge is 2.31. The molecule has 0 spiro atoms. The second-order valence-electron chi connectivity index (χ2n) is 15.8. The van der Waals surface area contributed by atoms with Crippen LogP contribution in [0.2, 0.25) is 0 Å². The summed E-state index contributed by atoms with van der Waals surface area (Å²) in [5.41, 5.74) is 0.104. The van der Waals surface area contributed by atoms with Crippen LogP contribution in [0.5, 0.6) is 6.01 Å². The third kappa shape index (κ3) is 8.29. The number of anilines is 2. The van der Waals surface area contributed by atoms with E-state index in [9.17, 15) is 9.59 Å². The topological polar surface area (TPSA) is 135 Å². The Hall–Kier alpha value is -5.09. The number of ether oxygens (including phenoxy) is 3. The Kier molecular flexibility index (Phi) is 10.3. The maximum Gasteiger partial charge on any atom is 0.413 e. The zero-order valence-corrected chi connectivity index (χ0v) is 32.8. The van der Waals surface area contributed by atoms with Gasteiger partial charge in [-0.3, -0.25) is 5.32 Å². The number of nitrogens with zero attached hydrogens (tertiary/aromatic N) is 6. The molecule has 55 heavy (non-hydrogen) atoms. The molecule has 0 bridgehead atoms. The third-order valence-corrected chi connectivity index (χ3v) is 10.4. The van der Waals surface area contributed by atoms with E-state index in [-0.39, 0.29) is 44.0 Å². The predicted molar refractivity (Wildman–Crippen MR) is 207 cm³/mol. The number of furan rings is 1. The lowest BCUT2D eigenvalue weighted by molar-refractivity contribution is 0.0240. The number of rotatable bonds is 7. The fraction of sp³-hybridized carbons (Fsp3) is 0.462. The number of nitrogens with one attached hydrogen (secondary N) is 1. The van der Waals surface area contributed by atoms with E-state index in [2.05, 4.69) is 20.2 Å². The summed E-state index contributed by atoms with van der Waals surface area (Å²) >= 11 is 0.915. The van der Waals surface area contributed by atoms with Crippen LogP contribution in [-0.2, 0) is 9.47 Å². The molecule has 3 aromatic heterocycles. The van der Waals surface area contributed by atoms with Crippen LogP contribution in [0.15, 0.2) is 41.2 Å². The van der Waals surface area contributed by atoms with Gasteiger partial charge in [-0.1, -0.05) is 11.3 Å². The molecule has 2 fully saturated rings. The van der Waals surface area contributed by atoms with Gasteiger partial charge in [-0.25, -0.2) is 23.4 Å². The van der Waals surface area contributed by atoms with Gasteiger partial charge in [-0.05, 0) is 97.8 Å². The summed E-state index contributed by atoms with van der Waals surface area (Å²) in [5, 5.41) is 3.09. The van der Waals surface area contributed by atoms with Crippen LogP contribution in [0.25, 0.3) is 43.4 Å². The molecule has 7 rings (SSSR count). The van der Waals surface area contributed by atoms with Gasteiger partial charge < -0.3 is 33.3 Å². The van der Waals surface area contributed by atoms with Crippen molar-refractivity contribution in [2.45, 2.75) is 71.6 Å². The Labute approximate surface area is 321 Å². The van der Waals surface area contributed by atoms with E-state index in [1.165, 1.54) is 24.7 Å². The Morgan fingerprint density at radius 2 is 1.69 bits per heavy atom. The Bertz CT molecular complexity index is 2230. The number of hydrogen-bond acceptors (Lipinski definition) is 12. The molecule has 16 heteroatoms. The summed E-state index contributed by atoms with van der Waals surface area (Å²) in [7, 11) is 2.04. The zero-order valence-electron chi connectivity index (χ0n) is 32.0. The number of fused-ring (bicyclic) bond motifs is 2. The molecule has 0 saturated carbocycles. The quantitative estimate of drug-likeness (QED) is 0.171. The third-order valence-electron chi connectivity index (χ3n) is 9.40. The largest absolute Gasteiger partial charge is 0.472 e. The average molecular weight is 778 g/mol. The molecule has 2 aromatic carbocycles. The lowest BCUT2D eigenvalue weighted by atomic mass is 9.92. The predicted octanol–water partition coefficient (Wildman–Crippen LogP) is 8.32. The van der Waals surface area contributed by atoms with Crippen molar-refractivity contribution in [3.63, 3.8) is 0 Å². The van der Waals surface area contributed by atoms with Gasteiger partial charge in [0.25, 0.3) is 0 Å². The van der Waals surface area contributed by atoms with Gasteiger partial charge in [0.05, 0.1) is 22.7 Å². The fourth-order valence-corrected chi connectivity index (χ4v) is 7.70. The fourth-order valence-electron chi connectivity index (χ4n) is 6.81. The molecule has 13 nitrogen and oxygen atoms in total. The van der Waals surface area contributed by atoms with Gasteiger partial charge in [0.1, 0.15) is 35.0 Å². The molecular formula is C39H45F2N7O6S. The Balaban J connectivity index is 1.35. The number of likely N-dealkylation sites (N-methyl/N-ethyl adjacent to an activating group) is 1. The van der Waals surface area contributed by atoms with Crippen molar-refractivity contribution in [2.75, 3.05) is 56.6 Å². The van der Waals surface area contributed by atoms with Crippen LogP contribution in [0.1, 0.15) is 54.4 Å². The molecule has 1 N–H and O–H groups in total. The van der Waals surface area contributed by atoms with E-state index >= 15 is 8.78 Å². The van der Waals surface area contributed by atoms with Crippen molar-refractivity contribution < 1.29 is 37.0 Å². The van der Waals surface area contributed by atoms with Crippen LogP contribution >= 0.6 is 11.3 Å². The van der Waals surface area contributed by atoms with Crippen molar-refractivity contribution in [3.05, 3.63) is 48.4 Å². The molecule has 1 atom stereocenters. The molecule has 0 unspecified atom stereocenters. The summed E-state index contributed by atoms with van der Waals surface area (Å²) in [6.07, 6.45) is 3.82. The van der Waals surface area contributed by atoms with Crippen molar-refractivity contribution >= 4 is 55.6 Å². The van der Waals surface area contributed by atoms with E-state index in [1.807, 2.05) is 32.7 Å². The van der Waals surface area contributed by atoms with E-state index in [1.54, 1.807) is 37.8 Å². The number of benzene rings is 2. The summed E-state index contributed by atoms with van der Waals surface area (Å²) in [6, 6.07) is 6.39. The number of aromatic nitrogens is 3. The van der Waals surface area contributed by atoms with Gasteiger partial charge in [0, 0.05) is 54.3 Å². The molecule has 2 amide bonds. The van der Waals surface area contributed by atoms with Gasteiger partial charge >= 0.3 is 18.2 Å². The molecule has 2 aliphatic rings. The number of likely N-dealkylation sites (tertiary alicyclic amines) is 1. The number of halogens is 2. The van der Waals surface area contributed by atoms with E-state index in [0.717, 1.165) is 30.7 Å². The molecule has 292 valence electrons. The minimum absolute atomic E-state index is 0.00333. The minimum Gasteiger partial charge on any atom is -0.472 e. The van der Waals surface area contributed by atoms with Crippen LogP contribution in [0.3, 0.4) is 0 Å². The standard InChI is InChI=1S/C39H45F2N7O6S/c1-38(2,3)53-36(49)45-35-43-31-24(10-11-27(40)32(31)55-35)28-25(22-12-18-51-20-22)19-26-30(29(28)41)42-34(52-21-23-9-8-13-46(23)7)44-33(26)47-14-16-48(17-15-47)37(50)54-39(4,5)6/h10-12,18-20,23H,8-9,13-17,21H2,1-7H3,(H,43,45,49)/t23-/m0/s1. The van der Waals surface area contributed by atoms with E-state index < -0.39 is 35.0 Å². The summed E-state index contributed by atoms with van der Waals surface area (Å²) in [5.74, 6) is -0.835. The number of amides is 2.